The van der Waals surface area contributed by atoms with Crippen molar-refractivity contribution in [3.05, 3.63) is 71.3 Å². The maximum atomic E-state index is 12.3. The van der Waals surface area contributed by atoms with Crippen molar-refractivity contribution in [2.75, 3.05) is 6.61 Å². The fourth-order valence-electron chi connectivity index (χ4n) is 2.28. The molecule has 2 aromatic carbocycles. The second-order valence-electron chi connectivity index (χ2n) is 4.61. The van der Waals surface area contributed by atoms with Crippen LogP contribution in [0.1, 0.15) is 23.6 Å². The second-order valence-corrected chi connectivity index (χ2v) is 4.61. The molecule has 104 valence electrons. The largest absolute Gasteiger partial charge is 0.463 e. The van der Waals surface area contributed by atoms with E-state index in [9.17, 15) is 9.90 Å². The van der Waals surface area contributed by atoms with Gasteiger partial charge in [0.2, 0.25) is 5.60 Å². The molecule has 2 rings (SSSR count). The Morgan fingerprint density at radius 2 is 1.70 bits per heavy atom. The number of hydrogen-bond acceptors (Lipinski definition) is 3. The van der Waals surface area contributed by atoms with E-state index in [-0.39, 0.29) is 6.61 Å². The third kappa shape index (κ3) is 2.45. The molecule has 3 heteroatoms. The summed E-state index contributed by atoms with van der Waals surface area (Å²) in [5.41, 5.74) is 0.118. The highest BCUT2D eigenvalue weighted by molar-refractivity contribution is 5.85. The van der Waals surface area contributed by atoms with Gasteiger partial charge >= 0.3 is 5.97 Å². The Morgan fingerprint density at radius 1 is 1.10 bits per heavy atom. The van der Waals surface area contributed by atoms with Crippen LogP contribution >= 0.6 is 0 Å². The summed E-state index contributed by atoms with van der Waals surface area (Å²) >= 11 is 0. The van der Waals surface area contributed by atoms with E-state index in [1.54, 1.807) is 43.3 Å². The molecule has 0 bridgehead atoms. The molecular formula is C17H18O3. The quantitative estimate of drug-likeness (QED) is 0.869. The van der Waals surface area contributed by atoms with Crippen molar-refractivity contribution < 1.29 is 14.6 Å². The van der Waals surface area contributed by atoms with Crippen LogP contribution in [0.2, 0.25) is 0 Å². The normalized spacial score (nSPS) is 13.6. The molecular weight excluding hydrogens is 252 g/mol. The van der Waals surface area contributed by atoms with Crippen molar-refractivity contribution in [1.29, 1.82) is 0 Å². The molecule has 1 unspecified atom stereocenters. The summed E-state index contributed by atoms with van der Waals surface area (Å²) in [6.45, 7) is 3.81. The number of carbonyl (C=O) groups excluding carboxylic acids is 1. The molecule has 0 saturated carbocycles. The van der Waals surface area contributed by atoms with Gasteiger partial charge in [0.25, 0.3) is 0 Å². The van der Waals surface area contributed by atoms with E-state index in [0.717, 1.165) is 5.56 Å². The van der Waals surface area contributed by atoms with Crippen LogP contribution in [0.5, 0.6) is 0 Å². The molecule has 0 fully saturated rings. The summed E-state index contributed by atoms with van der Waals surface area (Å²) in [6, 6.07) is 16.2. The molecule has 0 amide bonds. The average Bonchev–Trinajstić information content (AvgIpc) is 2.48. The molecule has 0 aliphatic heterocycles. The van der Waals surface area contributed by atoms with Gasteiger partial charge in [0.05, 0.1) is 6.61 Å². The fourth-order valence-corrected chi connectivity index (χ4v) is 2.28. The molecule has 0 heterocycles. The van der Waals surface area contributed by atoms with Gasteiger partial charge in [-0.1, -0.05) is 54.6 Å². The summed E-state index contributed by atoms with van der Waals surface area (Å²) in [5.74, 6) is -0.652. The zero-order valence-corrected chi connectivity index (χ0v) is 11.7. The highest BCUT2D eigenvalue weighted by Crippen LogP contribution is 2.33. The molecule has 0 aliphatic carbocycles. The van der Waals surface area contributed by atoms with Gasteiger partial charge in [0.1, 0.15) is 0 Å². The van der Waals surface area contributed by atoms with Gasteiger partial charge in [-0.15, -0.1) is 0 Å². The lowest BCUT2D eigenvalue weighted by Gasteiger charge is -2.28. The smallest absolute Gasteiger partial charge is 0.347 e. The van der Waals surface area contributed by atoms with E-state index in [0.29, 0.717) is 11.1 Å². The number of aliphatic hydroxyl groups is 1. The first kappa shape index (κ1) is 14.3. The van der Waals surface area contributed by atoms with Crippen LogP contribution in [0.25, 0.3) is 0 Å². The summed E-state index contributed by atoms with van der Waals surface area (Å²) < 4.78 is 5.08. The Kier molecular flexibility index (Phi) is 4.20. The molecule has 3 nitrogen and oxygen atoms in total. The van der Waals surface area contributed by atoms with E-state index in [1.165, 1.54) is 0 Å². The lowest BCUT2D eigenvalue weighted by atomic mass is 9.84. The van der Waals surface area contributed by atoms with Crippen LogP contribution in [0.15, 0.2) is 54.6 Å². The minimum Gasteiger partial charge on any atom is -0.463 e. The maximum Gasteiger partial charge on any atom is 0.347 e. The lowest BCUT2D eigenvalue weighted by molar-refractivity contribution is -0.161. The number of ether oxygens (including phenoxy) is 1. The van der Waals surface area contributed by atoms with Crippen LogP contribution in [-0.4, -0.2) is 17.7 Å². The Hall–Kier alpha value is -2.13. The van der Waals surface area contributed by atoms with E-state index in [1.807, 2.05) is 25.1 Å². The second kappa shape index (κ2) is 5.88. The van der Waals surface area contributed by atoms with Crippen LogP contribution < -0.4 is 0 Å². The predicted molar refractivity (Wildman–Crippen MR) is 77.3 cm³/mol. The first-order valence-corrected chi connectivity index (χ1v) is 6.62. The van der Waals surface area contributed by atoms with Gasteiger partial charge < -0.3 is 9.84 Å². The van der Waals surface area contributed by atoms with Gasteiger partial charge in [-0.05, 0) is 25.0 Å². The number of hydrogen-bond donors (Lipinski definition) is 1. The van der Waals surface area contributed by atoms with Gasteiger partial charge in [-0.2, -0.15) is 0 Å². The monoisotopic (exact) mass is 270 g/mol. The van der Waals surface area contributed by atoms with Gasteiger partial charge in [-0.25, -0.2) is 4.79 Å². The summed E-state index contributed by atoms with van der Waals surface area (Å²) in [7, 11) is 0. The van der Waals surface area contributed by atoms with E-state index in [2.05, 4.69) is 0 Å². The first-order valence-electron chi connectivity index (χ1n) is 6.62. The van der Waals surface area contributed by atoms with Crippen LogP contribution in [0.3, 0.4) is 0 Å². The molecule has 0 spiro atoms. The first-order chi connectivity index (χ1) is 9.60. The van der Waals surface area contributed by atoms with Gasteiger partial charge in [0.15, 0.2) is 0 Å². The molecule has 20 heavy (non-hydrogen) atoms. The molecule has 0 saturated heterocycles. The highest BCUT2D eigenvalue weighted by atomic mass is 16.5. The Morgan fingerprint density at radius 3 is 2.30 bits per heavy atom. The van der Waals surface area contributed by atoms with Crippen LogP contribution in [0, 0.1) is 6.92 Å². The van der Waals surface area contributed by atoms with Crippen molar-refractivity contribution in [2.24, 2.45) is 0 Å². The number of rotatable bonds is 4. The Bertz CT molecular complexity index is 592. The Balaban J connectivity index is 2.62. The zero-order valence-electron chi connectivity index (χ0n) is 11.7. The summed E-state index contributed by atoms with van der Waals surface area (Å²) in [6.07, 6.45) is 0. The van der Waals surface area contributed by atoms with Crippen LogP contribution in [-0.2, 0) is 15.1 Å². The average molecular weight is 270 g/mol. The molecule has 2 aromatic rings. The minimum absolute atomic E-state index is 0.222. The van der Waals surface area contributed by atoms with E-state index in [4.69, 9.17) is 4.74 Å². The van der Waals surface area contributed by atoms with Crippen molar-refractivity contribution in [3.8, 4) is 0 Å². The molecule has 1 atom stereocenters. The summed E-state index contributed by atoms with van der Waals surface area (Å²) in [5, 5.41) is 11.1. The number of esters is 1. The molecule has 0 aromatic heterocycles. The van der Waals surface area contributed by atoms with E-state index >= 15 is 0 Å². The predicted octanol–water partition coefficient (Wildman–Crippen LogP) is 2.79. The lowest BCUT2D eigenvalue weighted by Crippen LogP contribution is -2.39. The van der Waals surface area contributed by atoms with Crippen molar-refractivity contribution in [2.45, 2.75) is 19.4 Å². The SMILES string of the molecule is CCOC(=O)C(O)(c1ccccc1)c1ccccc1C. The van der Waals surface area contributed by atoms with E-state index < -0.39 is 11.6 Å². The standard InChI is InChI=1S/C17H18O3/c1-3-20-16(18)17(19,14-10-5-4-6-11-14)15-12-8-7-9-13(15)2/h4-12,19H,3H2,1-2H3. The van der Waals surface area contributed by atoms with Gasteiger partial charge in [0, 0.05) is 5.56 Å². The van der Waals surface area contributed by atoms with Crippen molar-refractivity contribution in [1.82, 2.24) is 0 Å². The molecule has 1 N–H and O–H groups in total. The maximum absolute atomic E-state index is 12.3. The molecule has 0 radical (unpaired) electrons. The van der Waals surface area contributed by atoms with Crippen LogP contribution in [0.4, 0.5) is 0 Å². The zero-order chi connectivity index (χ0) is 14.6. The molecule has 0 aliphatic rings. The third-order valence-corrected chi connectivity index (χ3v) is 3.30. The third-order valence-electron chi connectivity index (χ3n) is 3.30. The minimum atomic E-state index is -1.78. The fraction of sp³-hybridized carbons (Fsp3) is 0.235. The summed E-state index contributed by atoms with van der Waals surface area (Å²) in [4.78, 5) is 12.3. The van der Waals surface area contributed by atoms with Gasteiger partial charge in [-0.3, -0.25) is 0 Å². The number of carbonyl (C=O) groups is 1. The topological polar surface area (TPSA) is 46.5 Å². The Labute approximate surface area is 118 Å². The highest BCUT2D eigenvalue weighted by Gasteiger charge is 2.42. The van der Waals surface area contributed by atoms with Crippen molar-refractivity contribution in [3.63, 3.8) is 0 Å². The van der Waals surface area contributed by atoms with Crippen molar-refractivity contribution >= 4 is 5.97 Å². The number of benzene rings is 2. The number of aryl methyl sites for hydroxylation is 1.